The van der Waals surface area contributed by atoms with E-state index in [0.717, 1.165) is 6.26 Å². The van der Waals surface area contributed by atoms with Crippen molar-refractivity contribution in [3.8, 4) is 11.5 Å². The molecule has 1 heterocycles. The van der Waals surface area contributed by atoms with Crippen molar-refractivity contribution in [2.45, 2.75) is 24.3 Å². The number of benzene rings is 1. The largest absolute Gasteiger partial charge is 0.486 e. The van der Waals surface area contributed by atoms with Crippen molar-refractivity contribution in [2.75, 3.05) is 19.5 Å². The lowest BCUT2D eigenvalue weighted by atomic mass is 9.95. The topological polar surface area (TPSA) is 78.6 Å². The third-order valence-electron chi connectivity index (χ3n) is 2.74. The maximum absolute atomic E-state index is 11.8. The second kappa shape index (κ2) is 4.13. The number of nitrogens with two attached hydrogens (primary N) is 1. The summed E-state index contributed by atoms with van der Waals surface area (Å²) in [7, 11) is -3.37. The Morgan fingerprint density at radius 2 is 1.67 bits per heavy atom. The maximum atomic E-state index is 11.8. The Labute approximate surface area is 107 Å². The van der Waals surface area contributed by atoms with Gasteiger partial charge in [-0.15, -0.1) is 0 Å². The van der Waals surface area contributed by atoms with E-state index in [9.17, 15) is 8.42 Å². The zero-order chi connectivity index (χ0) is 13.6. The normalized spacial score (nSPS) is 15.6. The molecule has 1 aliphatic heterocycles. The van der Waals surface area contributed by atoms with Gasteiger partial charge in [0.2, 0.25) is 0 Å². The molecule has 6 heteroatoms. The SMILES string of the molecule is CC(C)(N)c1cc2c(cc1S(C)(=O)=O)OCCO2. The molecule has 0 spiro atoms. The van der Waals surface area contributed by atoms with Gasteiger partial charge in [0.15, 0.2) is 21.3 Å². The van der Waals surface area contributed by atoms with Gasteiger partial charge in [0.05, 0.1) is 4.90 Å². The highest BCUT2D eigenvalue weighted by Crippen LogP contribution is 2.38. The summed E-state index contributed by atoms with van der Waals surface area (Å²) in [4.78, 5) is 0.194. The summed E-state index contributed by atoms with van der Waals surface area (Å²) in [5.74, 6) is 0.997. The summed E-state index contributed by atoms with van der Waals surface area (Å²) < 4.78 is 34.5. The molecule has 0 aliphatic carbocycles. The Morgan fingerprint density at radius 1 is 1.17 bits per heavy atom. The zero-order valence-corrected chi connectivity index (χ0v) is 11.5. The number of hydrogen-bond acceptors (Lipinski definition) is 5. The van der Waals surface area contributed by atoms with Gasteiger partial charge < -0.3 is 15.2 Å². The van der Waals surface area contributed by atoms with E-state index in [1.165, 1.54) is 6.07 Å². The van der Waals surface area contributed by atoms with Crippen LogP contribution in [0.25, 0.3) is 0 Å². The smallest absolute Gasteiger partial charge is 0.176 e. The molecule has 0 amide bonds. The second-order valence-electron chi connectivity index (χ2n) is 4.99. The lowest BCUT2D eigenvalue weighted by molar-refractivity contribution is 0.170. The van der Waals surface area contributed by atoms with Crippen molar-refractivity contribution in [1.29, 1.82) is 0 Å². The number of ether oxygens (including phenoxy) is 2. The summed E-state index contributed by atoms with van der Waals surface area (Å²) in [6.45, 7) is 4.39. The van der Waals surface area contributed by atoms with E-state index in [2.05, 4.69) is 0 Å². The van der Waals surface area contributed by atoms with Crippen LogP contribution in [0.1, 0.15) is 19.4 Å². The molecule has 18 heavy (non-hydrogen) atoms. The van der Waals surface area contributed by atoms with Gasteiger partial charge in [-0.25, -0.2) is 8.42 Å². The van der Waals surface area contributed by atoms with Crippen LogP contribution in [0.2, 0.25) is 0 Å². The van der Waals surface area contributed by atoms with Gasteiger partial charge in [-0.2, -0.15) is 0 Å². The van der Waals surface area contributed by atoms with Crippen LogP contribution in [0, 0.1) is 0 Å². The van der Waals surface area contributed by atoms with Crippen molar-refractivity contribution in [1.82, 2.24) is 0 Å². The second-order valence-corrected chi connectivity index (χ2v) is 6.97. The van der Waals surface area contributed by atoms with Crippen LogP contribution < -0.4 is 15.2 Å². The fourth-order valence-corrected chi connectivity index (χ4v) is 2.92. The number of hydrogen-bond donors (Lipinski definition) is 1. The van der Waals surface area contributed by atoms with Crippen molar-refractivity contribution in [3.05, 3.63) is 17.7 Å². The first kappa shape index (κ1) is 13.2. The molecule has 0 bridgehead atoms. The average Bonchev–Trinajstić information content (AvgIpc) is 2.25. The Hall–Kier alpha value is -1.27. The van der Waals surface area contributed by atoms with Gasteiger partial charge in [0, 0.05) is 17.9 Å². The average molecular weight is 271 g/mol. The van der Waals surface area contributed by atoms with Crippen molar-refractivity contribution in [2.24, 2.45) is 5.73 Å². The molecule has 1 aromatic carbocycles. The molecule has 2 rings (SSSR count). The molecule has 1 aliphatic rings. The van der Waals surface area contributed by atoms with Crippen LogP contribution in [0.5, 0.6) is 11.5 Å². The van der Waals surface area contributed by atoms with E-state index < -0.39 is 15.4 Å². The first-order chi connectivity index (χ1) is 8.19. The summed E-state index contributed by atoms with van der Waals surface area (Å²) >= 11 is 0. The molecule has 100 valence electrons. The van der Waals surface area contributed by atoms with Crippen molar-refractivity contribution >= 4 is 9.84 Å². The first-order valence-electron chi connectivity index (χ1n) is 5.62. The van der Waals surface area contributed by atoms with Gasteiger partial charge in [-0.05, 0) is 25.5 Å². The lowest BCUT2D eigenvalue weighted by Crippen LogP contribution is -2.31. The monoisotopic (exact) mass is 271 g/mol. The third-order valence-corrected chi connectivity index (χ3v) is 3.87. The van der Waals surface area contributed by atoms with E-state index in [1.54, 1.807) is 19.9 Å². The van der Waals surface area contributed by atoms with Crippen LogP contribution in [0.4, 0.5) is 0 Å². The van der Waals surface area contributed by atoms with Crippen LogP contribution >= 0.6 is 0 Å². The van der Waals surface area contributed by atoms with Gasteiger partial charge in [0.25, 0.3) is 0 Å². The fourth-order valence-electron chi connectivity index (χ4n) is 1.88. The van der Waals surface area contributed by atoms with E-state index >= 15 is 0 Å². The minimum atomic E-state index is -3.37. The van der Waals surface area contributed by atoms with Gasteiger partial charge in [-0.3, -0.25) is 0 Å². The molecule has 0 saturated carbocycles. The predicted molar refractivity (Wildman–Crippen MR) is 67.8 cm³/mol. The first-order valence-corrected chi connectivity index (χ1v) is 7.52. The number of rotatable bonds is 2. The summed E-state index contributed by atoms with van der Waals surface area (Å²) in [6, 6.07) is 3.15. The van der Waals surface area contributed by atoms with E-state index in [-0.39, 0.29) is 4.90 Å². The van der Waals surface area contributed by atoms with Crippen LogP contribution in [0.3, 0.4) is 0 Å². The summed E-state index contributed by atoms with van der Waals surface area (Å²) in [6.07, 6.45) is 1.16. The molecule has 1 aromatic rings. The standard InChI is InChI=1S/C12H17NO4S/c1-12(2,13)8-6-9-10(17-5-4-16-9)7-11(8)18(3,14)15/h6-7H,4-5,13H2,1-3H3. The molecule has 0 aromatic heterocycles. The van der Waals surface area contributed by atoms with Crippen LogP contribution in [0.15, 0.2) is 17.0 Å². The molecule has 0 unspecified atom stereocenters. The Morgan fingerprint density at radius 3 is 2.11 bits per heavy atom. The highest BCUT2D eigenvalue weighted by atomic mass is 32.2. The maximum Gasteiger partial charge on any atom is 0.176 e. The Balaban J connectivity index is 2.70. The van der Waals surface area contributed by atoms with Crippen molar-refractivity contribution in [3.63, 3.8) is 0 Å². The molecule has 2 N–H and O–H groups in total. The number of sulfone groups is 1. The highest BCUT2D eigenvalue weighted by molar-refractivity contribution is 7.90. The van der Waals surface area contributed by atoms with Crippen LogP contribution in [-0.4, -0.2) is 27.9 Å². The highest BCUT2D eigenvalue weighted by Gasteiger charge is 2.27. The quantitative estimate of drug-likeness (QED) is 0.870. The zero-order valence-electron chi connectivity index (χ0n) is 10.7. The van der Waals surface area contributed by atoms with Gasteiger partial charge in [-0.1, -0.05) is 0 Å². The lowest BCUT2D eigenvalue weighted by Gasteiger charge is -2.26. The Kier molecular flexibility index (Phi) is 3.03. The molecular weight excluding hydrogens is 254 g/mol. The molecule has 0 fully saturated rings. The van der Waals surface area contributed by atoms with Crippen molar-refractivity contribution < 1.29 is 17.9 Å². The number of fused-ring (bicyclic) bond motifs is 1. The van der Waals surface area contributed by atoms with E-state index in [0.29, 0.717) is 30.3 Å². The predicted octanol–water partition coefficient (Wildman–Crippen LogP) is 1.06. The minimum absolute atomic E-state index is 0.194. The van der Waals surface area contributed by atoms with E-state index in [1.807, 2.05) is 0 Å². The van der Waals surface area contributed by atoms with E-state index in [4.69, 9.17) is 15.2 Å². The molecule has 0 radical (unpaired) electrons. The van der Waals surface area contributed by atoms with Gasteiger partial charge in [0.1, 0.15) is 13.2 Å². The Bertz CT molecular complexity index is 572. The molecule has 5 nitrogen and oxygen atoms in total. The summed E-state index contributed by atoms with van der Waals surface area (Å²) in [5.41, 5.74) is 5.79. The molecule has 0 atom stereocenters. The molecular formula is C12H17NO4S. The molecule has 0 saturated heterocycles. The van der Waals surface area contributed by atoms with Crippen LogP contribution in [-0.2, 0) is 15.4 Å². The van der Waals surface area contributed by atoms with Gasteiger partial charge >= 0.3 is 0 Å². The third kappa shape index (κ3) is 2.44. The fraction of sp³-hybridized carbons (Fsp3) is 0.500. The minimum Gasteiger partial charge on any atom is -0.486 e. The summed E-state index contributed by atoms with van der Waals surface area (Å²) in [5, 5.41) is 0.